The Morgan fingerprint density at radius 1 is 1.19 bits per heavy atom. The number of para-hydroxylation sites is 1. The molecular formula is C19H17F2N5O. The van der Waals surface area contributed by atoms with E-state index in [0.29, 0.717) is 28.1 Å². The standard InChI is InChI=1S/C19H17F2N5O/c1-10(2)17-24-16-11(3)22-9-23-18(16)25(17)8-13-12-6-4-5-7-14(12)26(21)19(27)15(13)20/h4-7,9-10H,8H2,1-3H3. The zero-order chi connectivity index (χ0) is 19.3. The molecule has 0 unspecified atom stereocenters. The van der Waals surface area contributed by atoms with Crippen LogP contribution < -0.4 is 5.56 Å². The van der Waals surface area contributed by atoms with E-state index < -0.39 is 11.4 Å². The molecule has 0 fully saturated rings. The minimum Gasteiger partial charge on any atom is -0.308 e. The van der Waals surface area contributed by atoms with Crippen LogP contribution in [0.25, 0.3) is 22.1 Å². The minimum absolute atomic E-state index is 0.0168. The van der Waals surface area contributed by atoms with E-state index in [1.807, 2.05) is 20.8 Å². The zero-order valence-electron chi connectivity index (χ0n) is 15.1. The van der Waals surface area contributed by atoms with E-state index in [-0.39, 0.29) is 28.3 Å². The Morgan fingerprint density at radius 2 is 1.93 bits per heavy atom. The number of pyridine rings is 1. The maximum atomic E-state index is 14.8. The molecule has 0 aliphatic rings. The maximum absolute atomic E-state index is 14.8. The van der Waals surface area contributed by atoms with E-state index >= 15 is 0 Å². The fourth-order valence-corrected chi connectivity index (χ4v) is 3.32. The van der Waals surface area contributed by atoms with Crippen molar-refractivity contribution in [2.24, 2.45) is 0 Å². The van der Waals surface area contributed by atoms with Crippen LogP contribution in [0.3, 0.4) is 0 Å². The van der Waals surface area contributed by atoms with Gasteiger partial charge in [-0.15, -0.1) is 4.79 Å². The molecule has 6 nitrogen and oxygen atoms in total. The Labute approximate surface area is 153 Å². The Bertz CT molecular complexity index is 1240. The monoisotopic (exact) mass is 369 g/mol. The molecule has 0 spiro atoms. The van der Waals surface area contributed by atoms with Gasteiger partial charge in [0.25, 0.3) is 0 Å². The number of aromatic nitrogens is 5. The summed E-state index contributed by atoms with van der Waals surface area (Å²) >= 11 is 0. The van der Waals surface area contributed by atoms with E-state index in [1.165, 1.54) is 12.4 Å². The summed E-state index contributed by atoms with van der Waals surface area (Å²) in [5.74, 6) is -0.380. The first-order valence-electron chi connectivity index (χ1n) is 8.56. The van der Waals surface area contributed by atoms with Gasteiger partial charge in [-0.2, -0.15) is 0 Å². The molecule has 0 saturated carbocycles. The van der Waals surface area contributed by atoms with Gasteiger partial charge in [-0.05, 0) is 13.0 Å². The van der Waals surface area contributed by atoms with Gasteiger partial charge in [0.1, 0.15) is 17.7 Å². The van der Waals surface area contributed by atoms with Gasteiger partial charge in [0.2, 0.25) is 0 Å². The van der Waals surface area contributed by atoms with Crippen LogP contribution in [0.1, 0.15) is 36.8 Å². The molecule has 0 saturated heterocycles. The lowest BCUT2D eigenvalue weighted by molar-refractivity contribution is 0.357. The number of hydrogen-bond donors (Lipinski definition) is 0. The quantitative estimate of drug-likeness (QED) is 0.554. The number of rotatable bonds is 3. The number of fused-ring (bicyclic) bond motifs is 2. The number of aryl methyl sites for hydroxylation is 1. The molecule has 4 aromatic rings. The lowest BCUT2D eigenvalue weighted by Crippen LogP contribution is -2.22. The summed E-state index contributed by atoms with van der Waals surface area (Å²) < 4.78 is 30.7. The molecular weight excluding hydrogens is 352 g/mol. The highest BCUT2D eigenvalue weighted by molar-refractivity contribution is 5.83. The number of imidazole rings is 1. The van der Waals surface area contributed by atoms with Crippen LogP contribution in [0.4, 0.5) is 8.87 Å². The van der Waals surface area contributed by atoms with Crippen LogP contribution in [-0.4, -0.2) is 24.3 Å². The third-order valence-corrected chi connectivity index (χ3v) is 4.65. The Morgan fingerprint density at radius 3 is 2.67 bits per heavy atom. The van der Waals surface area contributed by atoms with Gasteiger partial charge in [0, 0.05) is 16.9 Å². The highest BCUT2D eigenvalue weighted by Crippen LogP contribution is 2.26. The van der Waals surface area contributed by atoms with Gasteiger partial charge in [-0.1, -0.05) is 36.5 Å². The van der Waals surface area contributed by atoms with Crippen LogP contribution in [0, 0.1) is 12.7 Å². The van der Waals surface area contributed by atoms with Crippen LogP contribution >= 0.6 is 0 Å². The average Bonchev–Trinajstić information content (AvgIpc) is 3.03. The molecule has 1 aromatic carbocycles. The van der Waals surface area contributed by atoms with E-state index in [1.54, 1.807) is 22.8 Å². The van der Waals surface area contributed by atoms with E-state index in [4.69, 9.17) is 0 Å². The number of hydrogen-bond acceptors (Lipinski definition) is 4. The highest BCUT2D eigenvalue weighted by atomic mass is 19.2. The van der Waals surface area contributed by atoms with Crippen molar-refractivity contribution in [1.82, 2.24) is 24.3 Å². The van der Waals surface area contributed by atoms with E-state index in [0.717, 1.165) is 0 Å². The molecule has 3 aromatic heterocycles. The molecule has 0 aliphatic carbocycles. The Hall–Kier alpha value is -3.16. The first kappa shape index (κ1) is 17.3. The lowest BCUT2D eigenvalue weighted by atomic mass is 10.1. The third-order valence-electron chi connectivity index (χ3n) is 4.65. The van der Waals surface area contributed by atoms with Crippen molar-refractivity contribution in [2.45, 2.75) is 33.2 Å². The topological polar surface area (TPSA) is 65.6 Å². The number of halogens is 2. The van der Waals surface area contributed by atoms with Gasteiger partial charge in [-0.3, -0.25) is 4.79 Å². The molecule has 138 valence electrons. The fraction of sp³-hybridized carbons (Fsp3) is 0.263. The number of nitrogens with zero attached hydrogens (tertiary/aromatic N) is 5. The smallest absolute Gasteiger partial charge is 0.308 e. The molecule has 3 heterocycles. The van der Waals surface area contributed by atoms with Crippen LogP contribution in [0.2, 0.25) is 0 Å². The molecule has 0 bridgehead atoms. The van der Waals surface area contributed by atoms with Gasteiger partial charge in [0.15, 0.2) is 11.5 Å². The van der Waals surface area contributed by atoms with Crippen LogP contribution in [-0.2, 0) is 6.54 Å². The summed E-state index contributed by atoms with van der Waals surface area (Å²) in [6.07, 6.45) is 1.42. The van der Waals surface area contributed by atoms with Crippen molar-refractivity contribution in [2.75, 3.05) is 0 Å². The minimum atomic E-state index is -1.30. The molecule has 0 amide bonds. The highest BCUT2D eigenvalue weighted by Gasteiger charge is 2.22. The first-order valence-corrected chi connectivity index (χ1v) is 8.56. The number of benzene rings is 1. The lowest BCUT2D eigenvalue weighted by Gasteiger charge is -2.14. The second-order valence-electron chi connectivity index (χ2n) is 6.74. The van der Waals surface area contributed by atoms with Crippen LogP contribution in [0.15, 0.2) is 35.4 Å². The molecule has 8 heteroatoms. The summed E-state index contributed by atoms with van der Waals surface area (Å²) in [4.78, 5) is 24.9. The Kier molecular flexibility index (Phi) is 3.98. The molecule has 27 heavy (non-hydrogen) atoms. The average molecular weight is 369 g/mol. The van der Waals surface area contributed by atoms with Gasteiger partial charge < -0.3 is 4.57 Å². The van der Waals surface area contributed by atoms with Crippen molar-refractivity contribution < 1.29 is 8.87 Å². The normalized spacial score (nSPS) is 11.8. The van der Waals surface area contributed by atoms with Crippen molar-refractivity contribution in [3.8, 4) is 0 Å². The predicted octanol–water partition coefficient (Wildman–Crippen LogP) is 3.49. The molecule has 0 aliphatic heterocycles. The molecule has 0 atom stereocenters. The zero-order valence-corrected chi connectivity index (χ0v) is 15.1. The van der Waals surface area contributed by atoms with Gasteiger partial charge >= 0.3 is 5.56 Å². The summed E-state index contributed by atoms with van der Waals surface area (Å²) in [6, 6.07) is 6.32. The fourth-order valence-electron chi connectivity index (χ4n) is 3.32. The third kappa shape index (κ3) is 2.59. The largest absolute Gasteiger partial charge is 0.315 e. The summed E-state index contributed by atoms with van der Waals surface area (Å²) in [5.41, 5.74) is 0.737. The van der Waals surface area contributed by atoms with Gasteiger partial charge in [0.05, 0.1) is 17.8 Å². The predicted molar refractivity (Wildman–Crippen MR) is 97.9 cm³/mol. The molecule has 4 rings (SSSR count). The summed E-state index contributed by atoms with van der Waals surface area (Å²) in [5, 5.41) is 0.333. The van der Waals surface area contributed by atoms with E-state index in [9.17, 15) is 13.7 Å². The van der Waals surface area contributed by atoms with Crippen molar-refractivity contribution >= 4 is 22.1 Å². The summed E-state index contributed by atoms with van der Waals surface area (Å²) in [6.45, 7) is 5.78. The Balaban J connectivity index is 2.03. The maximum Gasteiger partial charge on any atom is 0.315 e. The summed E-state index contributed by atoms with van der Waals surface area (Å²) in [7, 11) is 0. The molecule has 0 N–H and O–H groups in total. The SMILES string of the molecule is Cc1ncnc2c1nc(C(C)C)n2Cc1c(F)c(=O)n(F)c2ccccc12. The molecule has 0 radical (unpaired) electrons. The first-order chi connectivity index (χ1) is 12.9. The van der Waals surface area contributed by atoms with Crippen molar-refractivity contribution in [3.63, 3.8) is 0 Å². The van der Waals surface area contributed by atoms with Crippen molar-refractivity contribution in [3.05, 3.63) is 63.8 Å². The van der Waals surface area contributed by atoms with Crippen LogP contribution in [0.5, 0.6) is 0 Å². The van der Waals surface area contributed by atoms with Gasteiger partial charge in [-0.25, -0.2) is 19.3 Å². The van der Waals surface area contributed by atoms with E-state index in [2.05, 4.69) is 15.0 Å². The van der Waals surface area contributed by atoms with Crippen molar-refractivity contribution in [1.29, 1.82) is 0 Å². The second kappa shape index (κ2) is 6.22. The second-order valence-corrected chi connectivity index (χ2v) is 6.74.